The number of benzene rings is 2. The first-order valence-corrected chi connectivity index (χ1v) is 8.79. The Labute approximate surface area is 159 Å². The summed E-state index contributed by atoms with van der Waals surface area (Å²) in [6.07, 6.45) is 1.42. The van der Waals surface area contributed by atoms with E-state index in [1.54, 1.807) is 20.3 Å². The van der Waals surface area contributed by atoms with Gasteiger partial charge in [0.2, 0.25) is 0 Å². The smallest absolute Gasteiger partial charge is 0.306 e. The standard InChI is InChI=1S/C21H25NO5/c1-25-18-10-8-17(14-19(18)26-2)9-11-21(24)27-15-20(23)22-13-12-16-6-4-3-5-7-16/h3-8,10,14H,9,11-13,15H2,1-2H3,(H,22,23). The molecule has 6 heteroatoms. The Kier molecular flexibility index (Phi) is 8.16. The van der Waals surface area contributed by atoms with Gasteiger partial charge in [-0.25, -0.2) is 0 Å². The predicted octanol–water partition coefficient (Wildman–Crippen LogP) is 2.54. The zero-order chi connectivity index (χ0) is 19.5. The average Bonchev–Trinajstić information content (AvgIpc) is 2.71. The number of carbonyl (C=O) groups excluding carboxylic acids is 2. The molecule has 0 unspecified atom stereocenters. The van der Waals surface area contributed by atoms with Gasteiger partial charge in [-0.2, -0.15) is 0 Å². The summed E-state index contributed by atoms with van der Waals surface area (Å²) in [4.78, 5) is 23.6. The first-order chi connectivity index (χ1) is 13.1. The first-order valence-electron chi connectivity index (χ1n) is 8.79. The van der Waals surface area contributed by atoms with Gasteiger partial charge in [0, 0.05) is 13.0 Å². The summed E-state index contributed by atoms with van der Waals surface area (Å²) in [6.45, 7) is 0.242. The fourth-order valence-corrected chi connectivity index (χ4v) is 2.54. The molecule has 2 aromatic carbocycles. The molecule has 0 spiro atoms. The predicted molar refractivity (Wildman–Crippen MR) is 102 cm³/mol. The third-order valence-electron chi connectivity index (χ3n) is 4.01. The highest BCUT2D eigenvalue weighted by Crippen LogP contribution is 2.27. The second kappa shape index (κ2) is 10.9. The van der Waals surface area contributed by atoms with E-state index in [-0.39, 0.29) is 18.9 Å². The lowest BCUT2D eigenvalue weighted by Crippen LogP contribution is -2.30. The van der Waals surface area contributed by atoms with Gasteiger partial charge in [-0.15, -0.1) is 0 Å². The maximum Gasteiger partial charge on any atom is 0.306 e. The number of ether oxygens (including phenoxy) is 3. The highest BCUT2D eigenvalue weighted by atomic mass is 16.5. The molecule has 0 aliphatic heterocycles. The van der Waals surface area contributed by atoms with Crippen molar-refractivity contribution in [3.63, 3.8) is 0 Å². The van der Waals surface area contributed by atoms with Crippen molar-refractivity contribution in [1.82, 2.24) is 5.32 Å². The van der Waals surface area contributed by atoms with Gasteiger partial charge in [-0.1, -0.05) is 36.4 Å². The Balaban J connectivity index is 1.66. The summed E-state index contributed by atoms with van der Waals surface area (Å²) >= 11 is 0. The molecule has 0 fully saturated rings. The van der Waals surface area contributed by atoms with Crippen molar-refractivity contribution in [2.45, 2.75) is 19.3 Å². The molecule has 0 bridgehead atoms. The van der Waals surface area contributed by atoms with Crippen molar-refractivity contribution >= 4 is 11.9 Å². The van der Waals surface area contributed by atoms with E-state index in [1.807, 2.05) is 42.5 Å². The monoisotopic (exact) mass is 371 g/mol. The topological polar surface area (TPSA) is 73.9 Å². The van der Waals surface area contributed by atoms with Crippen LogP contribution >= 0.6 is 0 Å². The van der Waals surface area contributed by atoms with E-state index in [0.717, 1.165) is 17.5 Å². The lowest BCUT2D eigenvalue weighted by Gasteiger charge is -2.10. The first kappa shape index (κ1) is 20.3. The minimum Gasteiger partial charge on any atom is -0.493 e. The molecular weight excluding hydrogens is 346 g/mol. The van der Waals surface area contributed by atoms with Crippen LogP contribution in [-0.2, 0) is 27.2 Å². The van der Waals surface area contributed by atoms with Crippen LogP contribution in [-0.4, -0.2) is 39.2 Å². The Hall–Kier alpha value is -3.02. The van der Waals surface area contributed by atoms with Crippen LogP contribution in [0.1, 0.15) is 17.5 Å². The molecule has 27 heavy (non-hydrogen) atoms. The lowest BCUT2D eigenvalue weighted by atomic mass is 10.1. The highest BCUT2D eigenvalue weighted by Gasteiger charge is 2.10. The van der Waals surface area contributed by atoms with Crippen molar-refractivity contribution in [1.29, 1.82) is 0 Å². The van der Waals surface area contributed by atoms with E-state index in [1.165, 1.54) is 0 Å². The van der Waals surface area contributed by atoms with E-state index >= 15 is 0 Å². The van der Waals surface area contributed by atoms with E-state index in [0.29, 0.717) is 24.5 Å². The Bertz CT molecular complexity index is 745. The molecule has 0 heterocycles. The number of methoxy groups -OCH3 is 2. The molecule has 0 saturated heterocycles. The van der Waals surface area contributed by atoms with Gasteiger partial charge in [0.1, 0.15) is 0 Å². The molecule has 6 nitrogen and oxygen atoms in total. The Morgan fingerprint density at radius 3 is 2.33 bits per heavy atom. The third-order valence-corrected chi connectivity index (χ3v) is 4.01. The molecule has 2 rings (SSSR count). The summed E-state index contributed by atoms with van der Waals surface area (Å²) < 4.78 is 15.4. The van der Waals surface area contributed by atoms with Gasteiger partial charge in [-0.3, -0.25) is 9.59 Å². The fourth-order valence-electron chi connectivity index (χ4n) is 2.54. The number of rotatable bonds is 10. The molecule has 0 aliphatic rings. The van der Waals surface area contributed by atoms with Crippen molar-refractivity contribution in [2.75, 3.05) is 27.4 Å². The van der Waals surface area contributed by atoms with Crippen molar-refractivity contribution in [3.8, 4) is 11.5 Å². The molecular formula is C21H25NO5. The number of esters is 1. The zero-order valence-corrected chi connectivity index (χ0v) is 15.7. The lowest BCUT2D eigenvalue weighted by molar-refractivity contribution is -0.148. The van der Waals surface area contributed by atoms with Crippen molar-refractivity contribution in [3.05, 3.63) is 59.7 Å². The molecule has 0 aliphatic carbocycles. The maximum absolute atomic E-state index is 11.8. The average molecular weight is 371 g/mol. The van der Waals surface area contributed by atoms with Crippen LogP contribution in [0.5, 0.6) is 11.5 Å². The van der Waals surface area contributed by atoms with Gasteiger partial charge in [-0.05, 0) is 36.1 Å². The number of amides is 1. The number of nitrogens with one attached hydrogen (secondary N) is 1. The molecule has 0 radical (unpaired) electrons. The molecule has 144 valence electrons. The van der Waals surface area contributed by atoms with Crippen LogP contribution in [0.15, 0.2) is 48.5 Å². The zero-order valence-electron chi connectivity index (χ0n) is 15.7. The highest BCUT2D eigenvalue weighted by molar-refractivity contribution is 5.80. The van der Waals surface area contributed by atoms with E-state index < -0.39 is 5.97 Å². The van der Waals surface area contributed by atoms with Crippen LogP contribution in [0.25, 0.3) is 0 Å². The second-order valence-corrected chi connectivity index (χ2v) is 5.94. The Morgan fingerprint density at radius 2 is 1.63 bits per heavy atom. The summed E-state index contributed by atoms with van der Waals surface area (Å²) in [5, 5.41) is 2.74. The number of aryl methyl sites for hydroxylation is 1. The van der Waals surface area contributed by atoms with E-state index in [4.69, 9.17) is 14.2 Å². The number of hydrogen-bond donors (Lipinski definition) is 1. The molecule has 1 amide bonds. The van der Waals surface area contributed by atoms with Gasteiger partial charge in [0.25, 0.3) is 5.91 Å². The SMILES string of the molecule is COc1ccc(CCC(=O)OCC(=O)NCCc2ccccc2)cc1OC. The summed E-state index contributed by atoms with van der Waals surface area (Å²) in [7, 11) is 3.13. The minimum absolute atomic E-state index is 0.187. The van der Waals surface area contributed by atoms with Crippen LogP contribution in [0, 0.1) is 0 Å². The second-order valence-electron chi connectivity index (χ2n) is 5.94. The summed E-state index contributed by atoms with van der Waals surface area (Å²) in [5.74, 6) is 0.533. The molecule has 0 saturated carbocycles. The van der Waals surface area contributed by atoms with E-state index in [9.17, 15) is 9.59 Å². The minimum atomic E-state index is -0.414. The molecule has 0 aromatic heterocycles. The van der Waals surface area contributed by atoms with Gasteiger partial charge >= 0.3 is 5.97 Å². The summed E-state index contributed by atoms with van der Waals surface area (Å²) in [6, 6.07) is 15.3. The van der Waals surface area contributed by atoms with Gasteiger partial charge < -0.3 is 19.5 Å². The van der Waals surface area contributed by atoms with Crippen LogP contribution in [0.2, 0.25) is 0 Å². The van der Waals surface area contributed by atoms with E-state index in [2.05, 4.69) is 5.32 Å². The van der Waals surface area contributed by atoms with Crippen LogP contribution in [0.3, 0.4) is 0 Å². The number of carbonyl (C=O) groups is 2. The molecule has 0 atom stereocenters. The van der Waals surface area contributed by atoms with Crippen molar-refractivity contribution in [2.24, 2.45) is 0 Å². The summed E-state index contributed by atoms with van der Waals surface area (Å²) in [5.41, 5.74) is 2.07. The van der Waals surface area contributed by atoms with Crippen molar-refractivity contribution < 1.29 is 23.8 Å². The Morgan fingerprint density at radius 1 is 0.889 bits per heavy atom. The van der Waals surface area contributed by atoms with Gasteiger partial charge in [0.05, 0.1) is 14.2 Å². The van der Waals surface area contributed by atoms with Crippen LogP contribution < -0.4 is 14.8 Å². The normalized spacial score (nSPS) is 10.1. The quantitative estimate of drug-likeness (QED) is 0.650. The third kappa shape index (κ3) is 7.01. The largest absolute Gasteiger partial charge is 0.493 e. The number of hydrogen-bond acceptors (Lipinski definition) is 5. The fraction of sp³-hybridized carbons (Fsp3) is 0.333. The molecule has 2 aromatic rings. The van der Waals surface area contributed by atoms with Crippen LogP contribution in [0.4, 0.5) is 0 Å². The molecule has 1 N–H and O–H groups in total. The maximum atomic E-state index is 11.8. The van der Waals surface area contributed by atoms with Gasteiger partial charge in [0.15, 0.2) is 18.1 Å².